The first kappa shape index (κ1) is 20.6. The van der Waals surface area contributed by atoms with Crippen LogP contribution in [0.2, 0.25) is 0 Å². The molecule has 3 rings (SSSR count). The van der Waals surface area contributed by atoms with Crippen molar-refractivity contribution in [1.82, 2.24) is 14.9 Å². The van der Waals surface area contributed by atoms with Gasteiger partial charge in [-0.05, 0) is 38.1 Å². The van der Waals surface area contributed by atoms with Gasteiger partial charge in [-0.15, -0.1) is 0 Å². The Bertz CT molecular complexity index is 818. The van der Waals surface area contributed by atoms with Gasteiger partial charge in [-0.3, -0.25) is 4.79 Å². The average molecular weight is 447 g/mol. The van der Waals surface area contributed by atoms with E-state index in [1.807, 2.05) is 42.2 Å². The van der Waals surface area contributed by atoms with Crippen LogP contribution >= 0.6 is 15.9 Å². The van der Waals surface area contributed by atoms with Gasteiger partial charge in [0, 0.05) is 48.3 Å². The molecule has 1 unspecified atom stereocenters. The Morgan fingerprint density at radius 1 is 1.07 bits per heavy atom. The summed E-state index contributed by atoms with van der Waals surface area (Å²) in [6.07, 6.45) is -0.512. The third kappa shape index (κ3) is 5.01. The molecule has 2 aromatic rings. The Balaban J connectivity index is 1.58. The van der Waals surface area contributed by atoms with Crippen molar-refractivity contribution in [3.63, 3.8) is 0 Å². The maximum atomic E-state index is 12.8. The third-order valence-corrected chi connectivity index (χ3v) is 5.29. The molecular weight excluding hydrogens is 420 g/mol. The van der Waals surface area contributed by atoms with E-state index >= 15 is 0 Å². The molecular formula is C21H27BrN4O2. The zero-order valence-electron chi connectivity index (χ0n) is 16.9. The van der Waals surface area contributed by atoms with E-state index in [0.29, 0.717) is 18.8 Å². The molecule has 0 spiro atoms. The molecule has 2 heterocycles. The SMILES string of the molecule is Cc1cc(N2CCN(C(=O)C(C)Oc3ccc(Br)cc3)CC2)nc(C(C)C)n1. The molecule has 150 valence electrons. The summed E-state index contributed by atoms with van der Waals surface area (Å²) in [5.41, 5.74) is 0.976. The topological polar surface area (TPSA) is 58.6 Å². The number of hydrogen-bond donors (Lipinski definition) is 0. The Morgan fingerprint density at radius 2 is 1.71 bits per heavy atom. The molecule has 1 aliphatic heterocycles. The molecule has 0 bridgehead atoms. The van der Waals surface area contributed by atoms with Crippen LogP contribution in [0.25, 0.3) is 0 Å². The third-order valence-electron chi connectivity index (χ3n) is 4.76. The first-order valence-corrected chi connectivity index (χ1v) is 10.4. The fourth-order valence-corrected chi connectivity index (χ4v) is 3.44. The molecule has 1 amide bonds. The van der Waals surface area contributed by atoms with E-state index in [0.717, 1.165) is 34.9 Å². The van der Waals surface area contributed by atoms with Crippen LogP contribution in [0.1, 0.15) is 38.2 Å². The zero-order valence-corrected chi connectivity index (χ0v) is 18.4. The van der Waals surface area contributed by atoms with Gasteiger partial charge in [-0.1, -0.05) is 29.8 Å². The smallest absolute Gasteiger partial charge is 0.263 e. The van der Waals surface area contributed by atoms with Crippen molar-refractivity contribution in [3.05, 3.63) is 46.3 Å². The van der Waals surface area contributed by atoms with Crippen LogP contribution in [-0.2, 0) is 4.79 Å². The largest absolute Gasteiger partial charge is 0.481 e. The van der Waals surface area contributed by atoms with Crippen molar-refractivity contribution in [2.75, 3.05) is 31.1 Å². The highest BCUT2D eigenvalue weighted by atomic mass is 79.9. The van der Waals surface area contributed by atoms with E-state index in [4.69, 9.17) is 9.72 Å². The molecule has 0 radical (unpaired) electrons. The van der Waals surface area contributed by atoms with E-state index in [2.05, 4.69) is 39.7 Å². The second kappa shape index (κ2) is 8.90. The molecule has 0 saturated carbocycles. The Kier molecular flexibility index (Phi) is 6.54. The lowest BCUT2D eigenvalue weighted by Crippen LogP contribution is -2.52. The quantitative estimate of drug-likeness (QED) is 0.698. The van der Waals surface area contributed by atoms with Crippen LogP contribution in [0.4, 0.5) is 5.82 Å². The van der Waals surface area contributed by atoms with Crippen LogP contribution < -0.4 is 9.64 Å². The van der Waals surface area contributed by atoms with E-state index < -0.39 is 6.10 Å². The lowest BCUT2D eigenvalue weighted by molar-refractivity contribution is -0.138. The van der Waals surface area contributed by atoms with Crippen LogP contribution in [-0.4, -0.2) is 53.1 Å². The minimum absolute atomic E-state index is 0.0179. The highest BCUT2D eigenvalue weighted by Crippen LogP contribution is 2.20. The summed E-state index contributed by atoms with van der Waals surface area (Å²) < 4.78 is 6.79. The van der Waals surface area contributed by atoms with E-state index in [9.17, 15) is 4.79 Å². The first-order valence-electron chi connectivity index (χ1n) is 9.65. The summed E-state index contributed by atoms with van der Waals surface area (Å²) in [4.78, 5) is 26.1. The number of benzene rings is 1. The second-order valence-electron chi connectivity index (χ2n) is 7.41. The highest BCUT2D eigenvalue weighted by Gasteiger charge is 2.27. The van der Waals surface area contributed by atoms with Gasteiger partial charge in [0.25, 0.3) is 5.91 Å². The van der Waals surface area contributed by atoms with Gasteiger partial charge in [0.05, 0.1) is 0 Å². The number of halogens is 1. The van der Waals surface area contributed by atoms with Gasteiger partial charge >= 0.3 is 0 Å². The van der Waals surface area contributed by atoms with Gasteiger partial charge in [0.1, 0.15) is 17.4 Å². The Hall–Kier alpha value is -2.15. The molecule has 1 atom stereocenters. The minimum atomic E-state index is -0.512. The normalized spacial score (nSPS) is 15.6. The predicted octanol–water partition coefficient (Wildman–Crippen LogP) is 3.79. The number of anilines is 1. The van der Waals surface area contributed by atoms with Gasteiger partial charge in [-0.25, -0.2) is 9.97 Å². The predicted molar refractivity (Wildman–Crippen MR) is 114 cm³/mol. The van der Waals surface area contributed by atoms with Gasteiger partial charge < -0.3 is 14.5 Å². The number of nitrogens with zero attached hydrogens (tertiary/aromatic N) is 4. The lowest BCUT2D eigenvalue weighted by atomic mass is 10.2. The Labute approximate surface area is 175 Å². The second-order valence-corrected chi connectivity index (χ2v) is 8.32. The van der Waals surface area contributed by atoms with E-state index in [1.165, 1.54) is 0 Å². The first-order chi connectivity index (χ1) is 13.3. The van der Waals surface area contributed by atoms with E-state index in [-0.39, 0.29) is 11.8 Å². The van der Waals surface area contributed by atoms with Crippen molar-refractivity contribution in [1.29, 1.82) is 0 Å². The van der Waals surface area contributed by atoms with E-state index in [1.54, 1.807) is 6.92 Å². The number of hydrogen-bond acceptors (Lipinski definition) is 5. The molecule has 1 aliphatic rings. The fraction of sp³-hybridized carbons (Fsp3) is 0.476. The summed E-state index contributed by atoms with van der Waals surface area (Å²) in [5.74, 6) is 2.82. The number of rotatable bonds is 5. The molecule has 0 aliphatic carbocycles. The van der Waals surface area contributed by atoms with Crippen molar-refractivity contribution in [3.8, 4) is 5.75 Å². The molecule has 0 N–H and O–H groups in total. The average Bonchev–Trinajstić information content (AvgIpc) is 2.68. The summed E-state index contributed by atoms with van der Waals surface area (Å²) in [6, 6.07) is 9.54. The molecule has 1 fully saturated rings. The van der Waals surface area contributed by atoms with Crippen LogP contribution in [0.5, 0.6) is 5.75 Å². The number of carbonyl (C=O) groups is 1. The van der Waals surface area contributed by atoms with Crippen LogP contribution in [0.3, 0.4) is 0 Å². The molecule has 1 aromatic carbocycles. The lowest BCUT2D eigenvalue weighted by Gasteiger charge is -2.36. The standard InChI is InChI=1S/C21H27BrN4O2/c1-14(2)20-23-15(3)13-19(24-20)25-9-11-26(12-10-25)21(27)16(4)28-18-7-5-17(22)6-8-18/h5-8,13-14,16H,9-12H2,1-4H3. The fourth-order valence-electron chi connectivity index (χ4n) is 3.18. The molecule has 1 saturated heterocycles. The number of ether oxygens (including phenoxy) is 1. The summed E-state index contributed by atoms with van der Waals surface area (Å²) >= 11 is 3.40. The number of piperazine rings is 1. The minimum Gasteiger partial charge on any atom is -0.481 e. The van der Waals surface area contributed by atoms with Gasteiger partial charge in [-0.2, -0.15) is 0 Å². The summed E-state index contributed by atoms with van der Waals surface area (Å²) in [5, 5.41) is 0. The maximum absolute atomic E-state index is 12.8. The monoisotopic (exact) mass is 446 g/mol. The van der Waals surface area contributed by atoms with Crippen molar-refractivity contribution >= 4 is 27.7 Å². The van der Waals surface area contributed by atoms with Crippen molar-refractivity contribution < 1.29 is 9.53 Å². The van der Waals surface area contributed by atoms with Gasteiger partial charge in [0.2, 0.25) is 0 Å². The molecule has 6 nitrogen and oxygen atoms in total. The van der Waals surface area contributed by atoms with Crippen molar-refractivity contribution in [2.45, 2.75) is 39.7 Å². The molecule has 28 heavy (non-hydrogen) atoms. The summed E-state index contributed by atoms with van der Waals surface area (Å²) in [6.45, 7) is 10.8. The number of aryl methyl sites for hydroxylation is 1. The Morgan fingerprint density at radius 3 is 2.32 bits per heavy atom. The zero-order chi connectivity index (χ0) is 20.3. The number of aromatic nitrogens is 2. The highest BCUT2D eigenvalue weighted by molar-refractivity contribution is 9.10. The number of amides is 1. The van der Waals surface area contributed by atoms with Crippen molar-refractivity contribution in [2.24, 2.45) is 0 Å². The van der Waals surface area contributed by atoms with Crippen LogP contribution in [0, 0.1) is 6.92 Å². The molecule has 1 aromatic heterocycles. The maximum Gasteiger partial charge on any atom is 0.263 e. The number of carbonyl (C=O) groups excluding carboxylic acids is 1. The molecule has 7 heteroatoms. The summed E-state index contributed by atoms with van der Waals surface area (Å²) in [7, 11) is 0. The van der Waals surface area contributed by atoms with Gasteiger partial charge in [0.15, 0.2) is 6.10 Å². The van der Waals surface area contributed by atoms with Crippen LogP contribution in [0.15, 0.2) is 34.8 Å².